The molecule has 24 heavy (non-hydrogen) atoms. The highest BCUT2D eigenvalue weighted by Gasteiger charge is 2.27. The molecule has 2 aromatic rings. The van der Waals surface area contributed by atoms with Crippen molar-refractivity contribution in [3.05, 3.63) is 42.7 Å². The lowest BCUT2D eigenvalue weighted by Crippen LogP contribution is -2.50. The number of likely N-dealkylation sites (tertiary alicyclic amines) is 1. The average Bonchev–Trinajstić information content (AvgIpc) is 3.09. The summed E-state index contributed by atoms with van der Waals surface area (Å²) in [6.45, 7) is 8.72. The quantitative estimate of drug-likeness (QED) is 0.939. The minimum atomic E-state index is -0.105. The average molecular weight is 327 g/mol. The van der Waals surface area contributed by atoms with Crippen molar-refractivity contribution in [2.75, 3.05) is 13.1 Å². The standard InChI is InChI=1S/C18H25N5O/c1-18(2,3)23-9-5-14(6-10-23)21-17(24)16-12-15(4-7-20-16)22-11-8-19-13-22/h4,7-8,11-14H,5-6,9-10H2,1-3H3,(H,21,24). The molecule has 1 fully saturated rings. The summed E-state index contributed by atoms with van der Waals surface area (Å²) in [5.41, 5.74) is 1.52. The number of hydrogen-bond acceptors (Lipinski definition) is 4. The van der Waals surface area contributed by atoms with Crippen LogP contribution >= 0.6 is 0 Å². The zero-order valence-corrected chi connectivity index (χ0v) is 14.6. The van der Waals surface area contributed by atoms with Gasteiger partial charge < -0.3 is 9.88 Å². The predicted octanol–water partition coefficient (Wildman–Crippen LogP) is 2.26. The van der Waals surface area contributed by atoms with Gasteiger partial charge in [0.25, 0.3) is 5.91 Å². The van der Waals surface area contributed by atoms with E-state index >= 15 is 0 Å². The van der Waals surface area contributed by atoms with E-state index in [0.29, 0.717) is 5.69 Å². The van der Waals surface area contributed by atoms with E-state index in [1.54, 1.807) is 24.8 Å². The van der Waals surface area contributed by atoms with E-state index in [-0.39, 0.29) is 17.5 Å². The van der Waals surface area contributed by atoms with Crippen molar-refractivity contribution in [2.24, 2.45) is 0 Å². The number of rotatable bonds is 3. The first-order valence-electron chi connectivity index (χ1n) is 8.44. The topological polar surface area (TPSA) is 63.1 Å². The Morgan fingerprint density at radius 1 is 1.25 bits per heavy atom. The van der Waals surface area contributed by atoms with Crippen LogP contribution in [0.1, 0.15) is 44.1 Å². The molecule has 0 spiro atoms. The predicted molar refractivity (Wildman–Crippen MR) is 93.2 cm³/mol. The summed E-state index contributed by atoms with van der Waals surface area (Å²) in [6.07, 6.45) is 8.88. The fraction of sp³-hybridized carbons (Fsp3) is 0.500. The number of carbonyl (C=O) groups is 1. The lowest BCUT2D eigenvalue weighted by atomic mass is 9.98. The first kappa shape index (κ1) is 16.6. The molecule has 3 rings (SSSR count). The smallest absolute Gasteiger partial charge is 0.270 e. The van der Waals surface area contributed by atoms with Crippen molar-refractivity contribution >= 4 is 5.91 Å². The third-order valence-electron chi connectivity index (χ3n) is 4.56. The van der Waals surface area contributed by atoms with Crippen molar-refractivity contribution in [1.82, 2.24) is 24.8 Å². The Kier molecular flexibility index (Phi) is 4.66. The van der Waals surface area contributed by atoms with Crippen LogP contribution in [0.2, 0.25) is 0 Å². The van der Waals surface area contributed by atoms with E-state index in [1.807, 2.05) is 16.8 Å². The maximum Gasteiger partial charge on any atom is 0.270 e. The monoisotopic (exact) mass is 327 g/mol. The van der Waals surface area contributed by atoms with Crippen LogP contribution in [0.15, 0.2) is 37.1 Å². The van der Waals surface area contributed by atoms with Crippen molar-refractivity contribution in [2.45, 2.75) is 45.2 Å². The molecule has 128 valence electrons. The van der Waals surface area contributed by atoms with Crippen molar-refractivity contribution in [3.63, 3.8) is 0 Å². The molecule has 0 atom stereocenters. The van der Waals surface area contributed by atoms with Crippen LogP contribution in [0.25, 0.3) is 5.69 Å². The third-order valence-corrected chi connectivity index (χ3v) is 4.56. The van der Waals surface area contributed by atoms with Gasteiger partial charge in [0.15, 0.2) is 0 Å². The molecular weight excluding hydrogens is 302 g/mol. The van der Waals surface area contributed by atoms with Gasteiger partial charge in [0.1, 0.15) is 5.69 Å². The van der Waals surface area contributed by atoms with Gasteiger partial charge in [0, 0.05) is 43.3 Å². The van der Waals surface area contributed by atoms with Crippen LogP contribution in [0.4, 0.5) is 0 Å². The molecule has 6 nitrogen and oxygen atoms in total. The van der Waals surface area contributed by atoms with Gasteiger partial charge in [0.05, 0.1) is 12.0 Å². The minimum absolute atomic E-state index is 0.105. The zero-order valence-electron chi connectivity index (χ0n) is 14.6. The molecule has 1 aliphatic heterocycles. The fourth-order valence-electron chi connectivity index (χ4n) is 3.07. The van der Waals surface area contributed by atoms with Crippen molar-refractivity contribution in [1.29, 1.82) is 0 Å². The number of nitrogens with one attached hydrogen (secondary N) is 1. The third kappa shape index (κ3) is 3.82. The fourth-order valence-corrected chi connectivity index (χ4v) is 3.07. The Morgan fingerprint density at radius 2 is 2.00 bits per heavy atom. The number of carbonyl (C=O) groups excluding carboxylic acids is 1. The number of piperidine rings is 1. The highest BCUT2D eigenvalue weighted by atomic mass is 16.1. The SMILES string of the molecule is CC(C)(C)N1CCC(NC(=O)c2cc(-n3ccnc3)ccn2)CC1. The number of imidazole rings is 1. The molecule has 1 N–H and O–H groups in total. The van der Waals surface area contributed by atoms with Crippen molar-refractivity contribution in [3.8, 4) is 5.69 Å². The minimum Gasteiger partial charge on any atom is -0.348 e. The van der Waals surface area contributed by atoms with Crippen LogP contribution in [-0.4, -0.2) is 50.0 Å². The van der Waals surface area contributed by atoms with Gasteiger partial charge in [0.2, 0.25) is 0 Å². The normalized spacial score (nSPS) is 17.0. The van der Waals surface area contributed by atoms with Crippen LogP contribution < -0.4 is 5.32 Å². The summed E-state index contributed by atoms with van der Waals surface area (Å²) in [7, 11) is 0. The number of nitrogens with zero attached hydrogens (tertiary/aromatic N) is 4. The maximum atomic E-state index is 12.5. The van der Waals surface area contributed by atoms with Gasteiger partial charge in [-0.25, -0.2) is 4.98 Å². The largest absolute Gasteiger partial charge is 0.348 e. The Balaban J connectivity index is 1.61. The zero-order chi connectivity index (χ0) is 17.2. The number of amides is 1. The molecule has 1 amide bonds. The van der Waals surface area contributed by atoms with Crippen LogP contribution in [0.5, 0.6) is 0 Å². The molecule has 2 aromatic heterocycles. The summed E-state index contributed by atoms with van der Waals surface area (Å²) in [5, 5.41) is 3.13. The van der Waals surface area contributed by atoms with Gasteiger partial charge in [-0.2, -0.15) is 0 Å². The first-order valence-corrected chi connectivity index (χ1v) is 8.44. The second-order valence-corrected chi connectivity index (χ2v) is 7.27. The summed E-state index contributed by atoms with van der Waals surface area (Å²) < 4.78 is 1.86. The molecule has 3 heterocycles. The molecular formula is C18H25N5O. The number of aromatic nitrogens is 3. The summed E-state index contributed by atoms with van der Waals surface area (Å²) in [5.74, 6) is -0.105. The Hall–Kier alpha value is -2.21. The second kappa shape index (κ2) is 6.73. The Bertz CT molecular complexity index is 682. The molecule has 0 saturated carbocycles. The van der Waals surface area contributed by atoms with Crippen LogP contribution in [0.3, 0.4) is 0 Å². The molecule has 1 saturated heterocycles. The van der Waals surface area contributed by atoms with Gasteiger partial charge in [-0.1, -0.05) is 0 Å². The molecule has 6 heteroatoms. The highest BCUT2D eigenvalue weighted by Crippen LogP contribution is 2.20. The summed E-state index contributed by atoms with van der Waals surface area (Å²) >= 11 is 0. The van der Waals surface area contributed by atoms with Gasteiger partial charge in [-0.15, -0.1) is 0 Å². The number of hydrogen-bond donors (Lipinski definition) is 1. The van der Waals surface area contributed by atoms with E-state index in [2.05, 4.69) is 41.0 Å². The van der Waals surface area contributed by atoms with Gasteiger partial charge in [-0.3, -0.25) is 14.7 Å². The molecule has 0 aliphatic carbocycles. The highest BCUT2D eigenvalue weighted by molar-refractivity contribution is 5.92. The van der Waals surface area contributed by atoms with E-state index in [4.69, 9.17) is 0 Å². The maximum absolute atomic E-state index is 12.5. The lowest BCUT2D eigenvalue weighted by molar-refractivity contribution is 0.0809. The van der Waals surface area contributed by atoms with E-state index in [9.17, 15) is 4.79 Å². The first-order chi connectivity index (χ1) is 11.4. The second-order valence-electron chi connectivity index (χ2n) is 7.27. The molecule has 0 unspecified atom stereocenters. The molecule has 1 aliphatic rings. The van der Waals surface area contributed by atoms with Gasteiger partial charge >= 0.3 is 0 Å². The lowest BCUT2D eigenvalue weighted by Gasteiger charge is -2.41. The molecule has 0 radical (unpaired) electrons. The summed E-state index contributed by atoms with van der Waals surface area (Å²) in [6, 6.07) is 3.87. The van der Waals surface area contributed by atoms with Gasteiger partial charge in [-0.05, 0) is 45.7 Å². The number of pyridine rings is 1. The Labute approximate surface area is 142 Å². The summed E-state index contributed by atoms with van der Waals surface area (Å²) in [4.78, 5) is 23.2. The van der Waals surface area contributed by atoms with Crippen molar-refractivity contribution < 1.29 is 4.79 Å². The molecule has 0 aromatic carbocycles. The van der Waals surface area contributed by atoms with E-state index in [1.165, 1.54) is 0 Å². The molecule has 0 bridgehead atoms. The Morgan fingerprint density at radius 3 is 2.62 bits per heavy atom. The van der Waals surface area contributed by atoms with E-state index in [0.717, 1.165) is 31.6 Å². The van der Waals surface area contributed by atoms with Crippen LogP contribution in [-0.2, 0) is 0 Å². The van der Waals surface area contributed by atoms with Crippen LogP contribution in [0, 0.1) is 0 Å². The van der Waals surface area contributed by atoms with E-state index < -0.39 is 0 Å².